The van der Waals surface area contributed by atoms with E-state index in [1.54, 1.807) is 43.3 Å². The smallest absolute Gasteiger partial charge is 0.347 e. The van der Waals surface area contributed by atoms with Gasteiger partial charge in [-0.05, 0) is 47.4 Å². The minimum Gasteiger partial charge on any atom is -0.347 e. The van der Waals surface area contributed by atoms with Gasteiger partial charge in [-0.1, -0.05) is 72.8 Å². The lowest BCUT2D eigenvalue weighted by Crippen LogP contribution is -2.24. The van der Waals surface area contributed by atoms with Crippen LogP contribution in [0.4, 0.5) is 13.2 Å². The summed E-state index contributed by atoms with van der Waals surface area (Å²) in [6.07, 6.45) is -0.989. The zero-order valence-electron chi connectivity index (χ0n) is 17.9. The van der Waals surface area contributed by atoms with Crippen molar-refractivity contribution < 1.29 is 18.0 Å². The molecule has 6 heteroatoms. The Balaban J connectivity index is 1.67. The van der Waals surface area contributed by atoms with Crippen molar-refractivity contribution in [1.29, 1.82) is 0 Å². The van der Waals surface area contributed by atoms with Crippen molar-refractivity contribution in [3.8, 4) is 11.1 Å². The fraction of sp³-hybridized carbons (Fsp3) is 0.111. The van der Waals surface area contributed by atoms with Gasteiger partial charge < -0.3 is 5.32 Å². The van der Waals surface area contributed by atoms with Crippen molar-refractivity contribution in [2.45, 2.75) is 13.1 Å². The van der Waals surface area contributed by atoms with Crippen LogP contribution < -0.4 is 5.32 Å². The van der Waals surface area contributed by atoms with Gasteiger partial charge in [0, 0.05) is 11.9 Å². The van der Waals surface area contributed by atoms with Gasteiger partial charge in [0.25, 0.3) is 5.91 Å². The summed E-state index contributed by atoms with van der Waals surface area (Å²) in [5.41, 5.74) is 1.52. The number of hydrogen-bond donors (Lipinski definition) is 1. The van der Waals surface area contributed by atoms with E-state index in [0.29, 0.717) is 22.1 Å². The number of benzene rings is 3. The van der Waals surface area contributed by atoms with Crippen LogP contribution in [0.25, 0.3) is 28.1 Å². The molecule has 4 rings (SSSR count). The molecule has 1 N–H and O–H groups in total. The van der Waals surface area contributed by atoms with Crippen molar-refractivity contribution in [2.75, 3.05) is 6.54 Å². The van der Waals surface area contributed by atoms with Gasteiger partial charge in [-0.3, -0.25) is 4.79 Å². The molecule has 0 bridgehead atoms. The van der Waals surface area contributed by atoms with Crippen LogP contribution in [0, 0.1) is 6.92 Å². The molecule has 0 fully saturated rings. The maximum absolute atomic E-state index is 13.9. The fourth-order valence-electron chi connectivity index (χ4n) is 3.62. The van der Waals surface area contributed by atoms with Gasteiger partial charge in [0.15, 0.2) is 0 Å². The van der Waals surface area contributed by atoms with Gasteiger partial charge in [0.2, 0.25) is 0 Å². The Hall–Kier alpha value is -3.93. The molecule has 0 aliphatic carbocycles. The lowest BCUT2D eigenvalue weighted by molar-refractivity contribution is -0.136. The molecule has 166 valence electrons. The summed E-state index contributed by atoms with van der Waals surface area (Å²) < 4.78 is 41.8. The summed E-state index contributed by atoms with van der Waals surface area (Å²) in [7, 11) is 0. The first-order valence-electron chi connectivity index (χ1n) is 10.4. The number of amides is 1. The van der Waals surface area contributed by atoms with Crippen LogP contribution in [-0.2, 0) is 6.18 Å². The van der Waals surface area contributed by atoms with Crippen LogP contribution >= 0.6 is 0 Å². The van der Waals surface area contributed by atoms with E-state index in [2.05, 4.69) is 10.3 Å². The van der Waals surface area contributed by atoms with Gasteiger partial charge in [0.1, 0.15) is 5.69 Å². The van der Waals surface area contributed by atoms with Crippen LogP contribution in [0.15, 0.2) is 84.9 Å². The number of halogens is 3. The third-order valence-corrected chi connectivity index (χ3v) is 5.26. The number of nitrogens with zero attached hydrogens (tertiary/aromatic N) is 1. The van der Waals surface area contributed by atoms with Crippen LogP contribution in [0.3, 0.4) is 0 Å². The molecular weight excluding hydrogens is 425 g/mol. The summed E-state index contributed by atoms with van der Waals surface area (Å²) in [5, 5.41) is 3.05. The molecular formula is C27H21F3N2O. The average molecular weight is 446 g/mol. The predicted molar refractivity (Wildman–Crippen MR) is 125 cm³/mol. The Morgan fingerprint density at radius 1 is 0.939 bits per heavy atom. The molecule has 0 unspecified atom stereocenters. The van der Waals surface area contributed by atoms with Gasteiger partial charge in [-0.2, -0.15) is 13.2 Å². The maximum atomic E-state index is 13.9. The molecule has 0 spiro atoms. The van der Waals surface area contributed by atoms with E-state index < -0.39 is 17.6 Å². The van der Waals surface area contributed by atoms with Crippen molar-refractivity contribution in [1.82, 2.24) is 10.3 Å². The average Bonchev–Trinajstić information content (AvgIpc) is 2.81. The molecule has 1 aromatic heterocycles. The number of carbonyl (C=O) groups is 1. The van der Waals surface area contributed by atoms with E-state index >= 15 is 0 Å². The standard InChI is InChI=1S/C27H21F3N2O/c1-18-15-24(26(33)31-14-8-11-19-9-4-2-5-10-19)32-25-22(18)16-21(17-23(25)27(28,29)30)20-12-6-3-7-13-20/h2-13,15-17H,14H2,1H3,(H,31,33). The van der Waals surface area contributed by atoms with Gasteiger partial charge in [-0.15, -0.1) is 0 Å². The van der Waals surface area contributed by atoms with E-state index in [1.807, 2.05) is 42.5 Å². The van der Waals surface area contributed by atoms with Crippen LogP contribution in [0.2, 0.25) is 0 Å². The molecule has 3 aromatic carbocycles. The number of rotatable bonds is 5. The second-order valence-electron chi connectivity index (χ2n) is 7.63. The fourth-order valence-corrected chi connectivity index (χ4v) is 3.62. The highest BCUT2D eigenvalue weighted by molar-refractivity contribution is 5.98. The van der Waals surface area contributed by atoms with Gasteiger partial charge in [-0.25, -0.2) is 4.98 Å². The number of pyridine rings is 1. The molecule has 3 nitrogen and oxygen atoms in total. The highest BCUT2D eigenvalue weighted by atomic mass is 19.4. The molecule has 0 saturated heterocycles. The van der Waals surface area contributed by atoms with Crippen molar-refractivity contribution in [2.24, 2.45) is 0 Å². The summed E-state index contributed by atoms with van der Waals surface area (Å²) in [5.74, 6) is -0.530. The summed E-state index contributed by atoms with van der Waals surface area (Å²) in [6.45, 7) is 1.91. The molecule has 33 heavy (non-hydrogen) atoms. The highest BCUT2D eigenvalue weighted by Gasteiger charge is 2.34. The Labute approximate surface area is 189 Å². The van der Waals surface area contributed by atoms with E-state index in [9.17, 15) is 18.0 Å². The first-order chi connectivity index (χ1) is 15.8. The Morgan fingerprint density at radius 2 is 1.61 bits per heavy atom. The lowest BCUT2D eigenvalue weighted by atomic mass is 9.96. The van der Waals surface area contributed by atoms with Crippen LogP contribution in [0.1, 0.15) is 27.2 Å². The second-order valence-corrected chi connectivity index (χ2v) is 7.63. The lowest BCUT2D eigenvalue weighted by Gasteiger charge is -2.15. The van der Waals surface area contributed by atoms with Crippen LogP contribution in [0.5, 0.6) is 0 Å². The number of carbonyl (C=O) groups excluding carboxylic acids is 1. The molecule has 4 aromatic rings. The minimum atomic E-state index is -4.62. The zero-order valence-corrected chi connectivity index (χ0v) is 17.9. The Bertz CT molecular complexity index is 1310. The number of nitrogens with one attached hydrogen (secondary N) is 1. The van der Waals surface area contributed by atoms with Gasteiger partial charge >= 0.3 is 6.18 Å². The highest BCUT2D eigenvalue weighted by Crippen LogP contribution is 2.38. The SMILES string of the molecule is Cc1cc(C(=O)NCC=Cc2ccccc2)nc2c(C(F)(F)F)cc(-c3ccccc3)cc12. The van der Waals surface area contributed by atoms with E-state index in [-0.39, 0.29) is 17.8 Å². The maximum Gasteiger partial charge on any atom is 0.418 e. The number of fused-ring (bicyclic) bond motifs is 1. The predicted octanol–water partition coefficient (Wildman–Crippen LogP) is 6.67. The number of hydrogen-bond acceptors (Lipinski definition) is 2. The number of aryl methyl sites for hydroxylation is 1. The molecule has 0 aliphatic heterocycles. The molecule has 0 saturated carbocycles. The topological polar surface area (TPSA) is 42.0 Å². The zero-order chi connectivity index (χ0) is 23.4. The normalized spacial score (nSPS) is 11.8. The first-order valence-corrected chi connectivity index (χ1v) is 10.4. The number of aromatic nitrogens is 1. The molecule has 0 radical (unpaired) electrons. The Morgan fingerprint density at radius 3 is 2.27 bits per heavy atom. The largest absolute Gasteiger partial charge is 0.418 e. The third-order valence-electron chi connectivity index (χ3n) is 5.26. The molecule has 1 heterocycles. The third kappa shape index (κ3) is 5.12. The van der Waals surface area contributed by atoms with Crippen molar-refractivity contribution in [3.63, 3.8) is 0 Å². The van der Waals surface area contributed by atoms with Crippen LogP contribution in [-0.4, -0.2) is 17.4 Å². The van der Waals surface area contributed by atoms with E-state index in [0.717, 1.165) is 11.6 Å². The Kier molecular flexibility index (Phi) is 6.27. The first kappa shape index (κ1) is 22.3. The molecule has 0 aliphatic rings. The van der Waals surface area contributed by atoms with E-state index in [4.69, 9.17) is 0 Å². The number of alkyl halides is 3. The molecule has 1 amide bonds. The van der Waals surface area contributed by atoms with E-state index in [1.165, 1.54) is 6.07 Å². The second kappa shape index (κ2) is 9.28. The molecule has 0 atom stereocenters. The monoisotopic (exact) mass is 446 g/mol. The quantitative estimate of drug-likeness (QED) is 0.372. The van der Waals surface area contributed by atoms with Gasteiger partial charge in [0.05, 0.1) is 11.1 Å². The minimum absolute atomic E-state index is 0.0499. The summed E-state index contributed by atoms with van der Waals surface area (Å²) in [6, 6.07) is 22.7. The van der Waals surface area contributed by atoms with Crippen molar-refractivity contribution >= 4 is 22.9 Å². The van der Waals surface area contributed by atoms with Crippen molar-refractivity contribution in [3.05, 3.63) is 107 Å². The summed E-state index contributed by atoms with van der Waals surface area (Å²) >= 11 is 0. The summed E-state index contributed by atoms with van der Waals surface area (Å²) in [4.78, 5) is 16.7.